The fourth-order valence-electron chi connectivity index (χ4n) is 1.44. The molecule has 0 bridgehead atoms. The number of rotatable bonds is 0. The van der Waals surface area contributed by atoms with Gasteiger partial charge < -0.3 is 4.98 Å². The standard InChI is InChI=1S/C10H13N3.2C2H6/c1-10(2,3)7-4-12-8-5-11-6-13-9(7)8;2*1-2/h4-6,12H,1-3H3;2*1-2H3. The van der Waals surface area contributed by atoms with Crippen molar-refractivity contribution in [2.24, 2.45) is 0 Å². The van der Waals surface area contributed by atoms with Gasteiger partial charge in [-0.25, -0.2) is 9.97 Å². The molecule has 0 unspecified atom stereocenters. The van der Waals surface area contributed by atoms with Gasteiger partial charge in [0.2, 0.25) is 0 Å². The van der Waals surface area contributed by atoms with E-state index in [0.29, 0.717) is 0 Å². The van der Waals surface area contributed by atoms with E-state index < -0.39 is 0 Å². The maximum absolute atomic E-state index is 4.27. The third-order valence-electron chi connectivity index (χ3n) is 2.15. The van der Waals surface area contributed by atoms with E-state index in [2.05, 4.69) is 35.7 Å². The summed E-state index contributed by atoms with van der Waals surface area (Å²) in [7, 11) is 0. The van der Waals surface area contributed by atoms with Crippen molar-refractivity contribution in [3.63, 3.8) is 0 Å². The van der Waals surface area contributed by atoms with Crippen LogP contribution in [0, 0.1) is 0 Å². The molecule has 0 saturated heterocycles. The van der Waals surface area contributed by atoms with E-state index in [4.69, 9.17) is 0 Å². The molecule has 2 aromatic rings. The number of hydrogen-bond acceptors (Lipinski definition) is 2. The van der Waals surface area contributed by atoms with Gasteiger partial charge >= 0.3 is 0 Å². The second-order valence-electron chi connectivity index (χ2n) is 4.24. The highest BCUT2D eigenvalue weighted by Gasteiger charge is 2.18. The highest BCUT2D eigenvalue weighted by molar-refractivity contribution is 5.78. The van der Waals surface area contributed by atoms with Gasteiger partial charge in [-0.3, -0.25) is 0 Å². The predicted molar refractivity (Wildman–Crippen MR) is 75.3 cm³/mol. The molecule has 3 heteroatoms. The van der Waals surface area contributed by atoms with E-state index in [1.54, 1.807) is 12.5 Å². The summed E-state index contributed by atoms with van der Waals surface area (Å²) in [6.07, 6.45) is 5.41. The van der Waals surface area contributed by atoms with Gasteiger partial charge in [0, 0.05) is 11.8 Å². The van der Waals surface area contributed by atoms with Crippen LogP contribution < -0.4 is 0 Å². The third-order valence-corrected chi connectivity index (χ3v) is 2.15. The average molecular weight is 235 g/mol. The Morgan fingerprint density at radius 1 is 1.06 bits per heavy atom. The lowest BCUT2D eigenvalue weighted by molar-refractivity contribution is 0.594. The zero-order valence-electron chi connectivity index (χ0n) is 12.1. The largest absolute Gasteiger partial charge is 0.358 e. The van der Waals surface area contributed by atoms with Crippen molar-refractivity contribution >= 4 is 11.0 Å². The van der Waals surface area contributed by atoms with E-state index in [-0.39, 0.29) is 5.41 Å². The van der Waals surface area contributed by atoms with Gasteiger partial charge in [-0.05, 0) is 5.41 Å². The molecule has 0 aromatic carbocycles. The summed E-state index contributed by atoms with van der Waals surface area (Å²) in [6.45, 7) is 14.5. The summed E-state index contributed by atoms with van der Waals surface area (Å²) in [4.78, 5) is 11.4. The fraction of sp³-hybridized carbons (Fsp3) is 0.571. The second-order valence-corrected chi connectivity index (χ2v) is 4.24. The molecule has 2 rings (SSSR count). The summed E-state index contributed by atoms with van der Waals surface area (Å²) in [5.74, 6) is 0. The number of H-pyrrole nitrogens is 1. The van der Waals surface area contributed by atoms with Gasteiger partial charge in [0.1, 0.15) is 6.33 Å². The van der Waals surface area contributed by atoms with Crippen molar-refractivity contribution in [2.75, 3.05) is 0 Å². The first kappa shape index (κ1) is 15.6. The lowest BCUT2D eigenvalue weighted by Gasteiger charge is -2.16. The van der Waals surface area contributed by atoms with Gasteiger partial charge in [-0.15, -0.1) is 0 Å². The van der Waals surface area contributed by atoms with Crippen LogP contribution in [0.15, 0.2) is 18.7 Å². The first-order valence-electron chi connectivity index (χ1n) is 6.36. The molecule has 0 radical (unpaired) electrons. The zero-order chi connectivity index (χ0) is 13.5. The quantitative estimate of drug-likeness (QED) is 0.739. The maximum Gasteiger partial charge on any atom is 0.116 e. The highest BCUT2D eigenvalue weighted by Crippen LogP contribution is 2.27. The second kappa shape index (κ2) is 7.05. The van der Waals surface area contributed by atoms with Gasteiger partial charge in [-0.2, -0.15) is 0 Å². The molecule has 0 fully saturated rings. The number of aromatic amines is 1. The molecular formula is C14H25N3. The normalized spacial score (nSPS) is 10.1. The monoisotopic (exact) mass is 235 g/mol. The van der Waals surface area contributed by atoms with Crippen LogP contribution in [0.5, 0.6) is 0 Å². The summed E-state index contributed by atoms with van der Waals surface area (Å²) < 4.78 is 0. The first-order valence-corrected chi connectivity index (χ1v) is 6.36. The molecular weight excluding hydrogens is 210 g/mol. The van der Waals surface area contributed by atoms with Crippen molar-refractivity contribution in [1.82, 2.24) is 15.0 Å². The number of nitrogens with zero attached hydrogens (tertiary/aromatic N) is 2. The van der Waals surface area contributed by atoms with Crippen molar-refractivity contribution in [3.8, 4) is 0 Å². The maximum atomic E-state index is 4.27. The van der Waals surface area contributed by atoms with Crippen molar-refractivity contribution < 1.29 is 0 Å². The molecule has 0 spiro atoms. The number of nitrogens with one attached hydrogen (secondary N) is 1. The molecule has 0 aliphatic heterocycles. The van der Waals surface area contributed by atoms with E-state index in [9.17, 15) is 0 Å². The lowest BCUT2D eigenvalue weighted by Crippen LogP contribution is -2.10. The smallest absolute Gasteiger partial charge is 0.116 e. The Bertz CT molecular complexity index is 424. The molecule has 3 nitrogen and oxygen atoms in total. The van der Waals surface area contributed by atoms with E-state index in [1.807, 2.05) is 33.9 Å². The van der Waals surface area contributed by atoms with E-state index in [0.717, 1.165) is 11.0 Å². The van der Waals surface area contributed by atoms with Gasteiger partial charge in [-0.1, -0.05) is 48.5 Å². The molecule has 1 N–H and O–H groups in total. The Labute approximate surface area is 105 Å². The summed E-state index contributed by atoms with van der Waals surface area (Å²) in [5.41, 5.74) is 3.41. The minimum atomic E-state index is 0.132. The Kier molecular flexibility index (Phi) is 6.47. The fourth-order valence-corrected chi connectivity index (χ4v) is 1.44. The van der Waals surface area contributed by atoms with E-state index in [1.165, 1.54) is 5.56 Å². The molecule has 0 aliphatic carbocycles. The Morgan fingerprint density at radius 2 is 1.65 bits per heavy atom. The number of fused-ring (bicyclic) bond motifs is 1. The van der Waals surface area contributed by atoms with Crippen LogP contribution in [0.1, 0.15) is 54.0 Å². The Balaban J connectivity index is 0.000000581. The molecule has 0 amide bonds. The number of aromatic nitrogens is 3. The van der Waals surface area contributed by atoms with Crippen LogP contribution in [0.2, 0.25) is 0 Å². The van der Waals surface area contributed by atoms with Crippen molar-refractivity contribution in [1.29, 1.82) is 0 Å². The molecule has 0 aliphatic rings. The van der Waals surface area contributed by atoms with Crippen LogP contribution in [-0.4, -0.2) is 15.0 Å². The average Bonchev–Trinajstić information content (AvgIpc) is 2.77. The first-order chi connectivity index (χ1) is 8.09. The predicted octanol–water partition coefficient (Wildman–Crippen LogP) is 4.31. The van der Waals surface area contributed by atoms with Gasteiger partial charge in [0.05, 0.1) is 17.2 Å². The van der Waals surface area contributed by atoms with Crippen LogP contribution >= 0.6 is 0 Å². The van der Waals surface area contributed by atoms with Crippen molar-refractivity contribution in [2.45, 2.75) is 53.9 Å². The van der Waals surface area contributed by atoms with Crippen LogP contribution in [0.3, 0.4) is 0 Å². The third kappa shape index (κ3) is 3.84. The summed E-state index contributed by atoms with van der Waals surface area (Å²) >= 11 is 0. The number of hydrogen-bond donors (Lipinski definition) is 1. The Morgan fingerprint density at radius 3 is 2.18 bits per heavy atom. The topological polar surface area (TPSA) is 41.6 Å². The van der Waals surface area contributed by atoms with Crippen LogP contribution in [-0.2, 0) is 5.41 Å². The minimum absolute atomic E-state index is 0.132. The molecule has 2 heterocycles. The van der Waals surface area contributed by atoms with Gasteiger partial charge in [0.15, 0.2) is 0 Å². The lowest BCUT2D eigenvalue weighted by atomic mass is 9.88. The zero-order valence-corrected chi connectivity index (χ0v) is 12.1. The molecule has 0 saturated carbocycles. The van der Waals surface area contributed by atoms with Gasteiger partial charge in [0.25, 0.3) is 0 Å². The SMILES string of the molecule is CC.CC.CC(C)(C)c1c[nH]c2cncnc12. The molecule has 2 aromatic heterocycles. The molecule has 17 heavy (non-hydrogen) atoms. The van der Waals surface area contributed by atoms with Crippen LogP contribution in [0.25, 0.3) is 11.0 Å². The summed E-state index contributed by atoms with van der Waals surface area (Å²) in [5, 5.41) is 0. The Hall–Kier alpha value is -1.38. The van der Waals surface area contributed by atoms with E-state index >= 15 is 0 Å². The summed E-state index contributed by atoms with van der Waals surface area (Å²) in [6, 6.07) is 0. The molecule has 0 atom stereocenters. The molecule has 96 valence electrons. The minimum Gasteiger partial charge on any atom is -0.358 e. The van der Waals surface area contributed by atoms with Crippen LogP contribution in [0.4, 0.5) is 0 Å². The van der Waals surface area contributed by atoms with Crippen molar-refractivity contribution in [3.05, 3.63) is 24.3 Å². The highest BCUT2D eigenvalue weighted by atomic mass is 14.9.